The molecule has 2 aromatic rings. The fourth-order valence-corrected chi connectivity index (χ4v) is 1.58. The number of benzene rings is 2. The Bertz CT molecular complexity index is 601. The van der Waals surface area contributed by atoms with E-state index in [-0.39, 0.29) is 6.61 Å². The van der Waals surface area contributed by atoms with Crippen LogP contribution >= 0.6 is 0 Å². The van der Waals surface area contributed by atoms with Gasteiger partial charge in [0.25, 0.3) is 0 Å². The van der Waals surface area contributed by atoms with Gasteiger partial charge in [0.2, 0.25) is 0 Å². The van der Waals surface area contributed by atoms with E-state index in [9.17, 15) is 4.79 Å². The van der Waals surface area contributed by atoms with E-state index in [1.165, 1.54) is 5.56 Å². The lowest BCUT2D eigenvalue weighted by molar-refractivity contribution is -0.139. The van der Waals surface area contributed by atoms with Gasteiger partial charge in [-0.25, -0.2) is 4.79 Å². The van der Waals surface area contributed by atoms with Crippen molar-refractivity contribution in [2.45, 2.75) is 6.92 Å². The number of ether oxygens (including phenoxy) is 1. The first-order valence-corrected chi connectivity index (χ1v) is 6.19. The first-order chi connectivity index (χ1) is 9.63. The van der Waals surface area contributed by atoms with E-state index in [0.717, 1.165) is 11.3 Å². The Morgan fingerprint density at radius 1 is 1.15 bits per heavy atom. The molecule has 20 heavy (non-hydrogen) atoms. The monoisotopic (exact) mass is 269 g/mol. The summed E-state index contributed by atoms with van der Waals surface area (Å²) in [5, 5.41) is 8.51. The molecule has 2 rings (SSSR count). The molecule has 0 aliphatic carbocycles. The number of carbonyl (C=O) groups is 1. The van der Waals surface area contributed by atoms with Crippen molar-refractivity contribution in [2.24, 2.45) is 4.99 Å². The number of aliphatic carboxylic acids is 1. The molecule has 0 saturated carbocycles. The van der Waals surface area contributed by atoms with Crippen molar-refractivity contribution in [3.8, 4) is 5.75 Å². The van der Waals surface area contributed by atoms with Gasteiger partial charge >= 0.3 is 5.97 Å². The SMILES string of the molecule is Cc1ccc(N=Cc2ccc(OCC(=O)O)cc2)cc1. The molecule has 0 fully saturated rings. The van der Waals surface area contributed by atoms with Crippen LogP contribution in [0.25, 0.3) is 0 Å². The number of hydrogen-bond acceptors (Lipinski definition) is 3. The second-order valence-corrected chi connectivity index (χ2v) is 4.35. The zero-order chi connectivity index (χ0) is 14.4. The van der Waals surface area contributed by atoms with Crippen molar-refractivity contribution in [3.63, 3.8) is 0 Å². The molecule has 0 amide bonds. The summed E-state index contributed by atoms with van der Waals surface area (Å²) in [5.41, 5.74) is 3.01. The Morgan fingerprint density at radius 2 is 1.80 bits per heavy atom. The Kier molecular flexibility index (Phi) is 4.50. The summed E-state index contributed by atoms with van der Waals surface area (Å²) < 4.78 is 5.05. The average Bonchev–Trinajstić information content (AvgIpc) is 2.45. The van der Waals surface area contributed by atoms with Crippen LogP contribution in [0, 0.1) is 6.92 Å². The van der Waals surface area contributed by atoms with Crippen molar-refractivity contribution in [1.82, 2.24) is 0 Å². The summed E-state index contributed by atoms with van der Waals surface area (Å²) in [6.07, 6.45) is 1.76. The van der Waals surface area contributed by atoms with Gasteiger partial charge in [-0.05, 0) is 48.9 Å². The van der Waals surface area contributed by atoms with E-state index in [4.69, 9.17) is 9.84 Å². The summed E-state index contributed by atoms with van der Waals surface area (Å²) in [4.78, 5) is 14.7. The molecule has 0 spiro atoms. The predicted octanol–water partition coefficient (Wildman–Crippen LogP) is 3.21. The van der Waals surface area contributed by atoms with Crippen LogP contribution in [0.3, 0.4) is 0 Å². The Balaban J connectivity index is 1.99. The number of aliphatic imine (C=N–C) groups is 1. The van der Waals surface area contributed by atoms with E-state index in [1.807, 2.05) is 43.3 Å². The highest BCUT2D eigenvalue weighted by Crippen LogP contribution is 2.14. The van der Waals surface area contributed by atoms with Gasteiger partial charge in [0.05, 0.1) is 5.69 Å². The van der Waals surface area contributed by atoms with Crippen molar-refractivity contribution in [1.29, 1.82) is 0 Å². The molecular formula is C16H15NO3. The number of hydrogen-bond donors (Lipinski definition) is 1. The summed E-state index contributed by atoms with van der Waals surface area (Å²) in [6.45, 7) is 1.69. The molecule has 0 bridgehead atoms. The molecule has 0 aromatic heterocycles. The van der Waals surface area contributed by atoms with Crippen molar-refractivity contribution in [3.05, 3.63) is 59.7 Å². The van der Waals surface area contributed by atoms with Crippen LogP contribution in [0.1, 0.15) is 11.1 Å². The number of aryl methyl sites for hydroxylation is 1. The van der Waals surface area contributed by atoms with Gasteiger partial charge in [0, 0.05) is 6.21 Å². The summed E-state index contributed by atoms with van der Waals surface area (Å²) in [7, 11) is 0. The predicted molar refractivity (Wildman–Crippen MR) is 78.0 cm³/mol. The van der Waals surface area contributed by atoms with Crippen LogP contribution < -0.4 is 4.74 Å². The van der Waals surface area contributed by atoms with E-state index in [2.05, 4.69) is 4.99 Å². The molecule has 0 radical (unpaired) electrons. The van der Waals surface area contributed by atoms with Crippen LogP contribution in [0.4, 0.5) is 5.69 Å². The van der Waals surface area contributed by atoms with Crippen LogP contribution in [0.5, 0.6) is 5.75 Å². The first kappa shape index (κ1) is 13.8. The minimum Gasteiger partial charge on any atom is -0.482 e. The molecule has 1 N–H and O–H groups in total. The number of nitrogens with zero attached hydrogens (tertiary/aromatic N) is 1. The van der Waals surface area contributed by atoms with Crippen molar-refractivity contribution >= 4 is 17.9 Å². The lowest BCUT2D eigenvalue weighted by Gasteiger charge is -2.02. The maximum absolute atomic E-state index is 10.4. The quantitative estimate of drug-likeness (QED) is 0.848. The van der Waals surface area contributed by atoms with Crippen LogP contribution in [-0.2, 0) is 4.79 Å². The normalized spacial score (nSPS) is 10.7. The maximum atomic E-state index is 10.4. The largest absolute Gasteiger partial charge is 0.482 e. The van der Waals surface area contributed by atoms with Crippen molar-refractivity contribution < 1.29 is 14.6 Å². The second-order valence-electron chi connectivity index (χ2n) is 4.35. The minimum atomic E-state index is -0.991. The molecule has 0 aliphatic rings. The molecule has 0 heterocycles. The Labute approximate surface area is 117 Å². The number of rotatable bonds is 5. The maximum Gasteiger partial charge on any atom is 0.341 e. The van der Waals surface area contributed by atoms with Gasteiger partial charge in [0.1, 0.15) is 5.75 Å². The van der Waals surface area contributed by atoms with Gasteiger partial charge in [-0.1, -0.05) is 17.7 Å². The average molecular weight is 269 g/mol. The first-order valence-electron chi connectivity index (χ1n) is 6.19. The van der Waals surface area contributed by atoms with Gasteiger partial charge in [-0.2, -0.15) is 0 Å². The lowest BCUT2D eigenvalue weighted by Crippen LogP contribution is -2.09. The van der Waals surface area contributed by atoms with E-state index < -0.39 is 5.97 Å². The third-order valence-electron chi connectivity index (χ3n) is 2.64. The van der Waals surface area contributed by atoms with Crippen LogP contribution in [0.15, 0.2) is 53.5 Å². The summed E-state index contributed by atoms with van der Waals surface area (Å²) >= 11 is 0. The highest BCUT2D eigenvalue weighted by Gasteiger charge is 1.98. The van der Waals surface area contributed by atoms with E-state index in [1.54, 1.807) is 18.3 Å². The molecule has 102 valence electrons. The molecule has 0 atom stereocenters. The summed E-state index contributed by atoms with van der Waals surface area (Å²) in [6, 6.07) is 15.0. The number of carboxylic acids is 1. The Hall–Kier alpha value is -2.62. The van der Waals surface area contributed by atoms with E-state index >= 15 is 0 Å². The third kappa shape index (κ3) is 4.24. The molecule has 4 nitrogen and oxygen atoms in total. The summed E-state index contributed by atoms with van der Waals surface area (Å²) in [5.74, 6) is -0.463. The zero-order valence-corrected chi connectivity index (χ0v) is 11.1. The van der Waals surface area contributed by atoms with E-state index in [0.29, 0.717) is 5.75 Å². The van der Waals surface area contributed by atoms with Crippen LogP contribution in [-0.4, -0.2) is 23.9 Å². The molecule has 2 aromatic carbocycles. The smallest absolute Gasteiger partial charge is 0.341 e. The fourth-order valence-electron chi connectivity index (χ4n) is 1.58. The topological polar surface area (TPSA) is 58.9 Å². The molecule has 0 aliphatic heterocycles. The lowest BCUT2D eigenvalue weighted by atomic mass is 10.2. The van der Waals surface area contributed by atoms with Gasteiger partial charge < -0.3 is 9.84 Å². The van der Waals surface area contributed by atoms with Gasteiger partial charge in [-0.15, -0.1) is 0 Å². The Morgan fingerprint density at radius 3 is 2.40 bits per heavy atom. The molecule has 0 saturated heterocycles. The fraction of sp³-hybridized carbons (Fsp3) is 0.125. The molecular weight excluding hydrogens is 254 g/mol. The van der Waals surface area contributed by atoms with Crippen LogP contribution in [0.2, 0.25) is 0 Å². The van der Waals surface area contributed by atoms with Gasteiger partial charge in [-0.3, -0.25) is 4.99 Å². The number of carboxylic acid groups (broad SMARTS) is 1. The van der Waals surface area contributed by atoms with Crippen molar-refractivity contribution in [2.75, 3.05) is 6.61 Å². The highest BCUT2D eigenvalue weighted by atomic mass is 16.5. The van der Waals surface area contributed by atoms with Gasteiger partial charge in [0.15, 0.2) is 6.61 Å². The molecule has 4 heteroatoms. The molecule has 0 unspecified atom stereocenters. The minimum absolute atomic E-state index is 0.337. The second kappa shape index (κ2) is 6.52. The standard InChI is InChI=1S/C16H15NO3/c1-12-2-6-14(7-3-12)17-10-13-4-8-15(9-5-13)20-11-16(18)19/h2-10H,11H2,1H3,(H,18,19). The third-order valence-corrected chi connectivity index (χ3v) is 2.64. The highest BCUT2D eigenvalue weighted by molar-refractivity contribution is 5.82. The zero-order valence-electron chi connectivity index (χ0n) is 11.1.